The van der Waals surface area contributed by atoms with Gasteiger partial charge in [0.15, 0.2) is 0 Å². The minimum Gasteiger partial charge on any atom is -0.265 e. The highest BCUT2D eigenvalue weighted by molar-refractivity contribution is 7.95. The molecule has 0 unspecified atom stereocenters. The molecule has 7 heteroatoms. The third-order valence-corrected chi connectivity index (χ3v) is 6.14. The Morgan fingerprint density at radius 2 is 1.57 bits per heavy atom. The van der Waals surface area contributed by atoms with E-state index in [2.05, 4.69) is 10.1 Å². The van der Waals surface area contributed by atoms with Gasteiger partial charge in [-0.2, -0.15) is 10.4 Å². The zero-order chi connectivity index (χ0) is 21.0. The SMILES string of the molecule is N#C/C(=C\c1cn(-c2ccccc2)nc1-c1ccncc1)S(=O)(=O)c1ccccc1. The van der Waals surface area contributed by atoms with Crippen molar-refractivity contribution in [3.8, 4) is 23.0 Å². The van der Waals surface area contributed by atoms with Gasteiger partial charge in [0.25, 0.3) is 0 Å². The van der Waals surface area contributed by atoms with Crippen molar-refractivity contribution in [3.63, 3.8) is 0 Å². The van der Waals surface area contributed by atoms with Crippen molar-refractivity contribution in [2.45, 2.75) is 4.90 Å². The lowest BCUT2D eigenvalue weighted by atomic mass is 10.1. The van der Waals surface area contributed by atoms with Crippen molar-refractivity contribution in [1.82, 2.24) is 14.8 Å². The first-order valence-corrected chi connectivity index (χ1v) is 10.6. The third kappa shape index (κ3) is 3.77. The molecule has 0 aliphatic heterocycles. The Bertz CT molecular complexity index is 1340. The molecule has 0 amide bonds. The van der Waals surface area contributed by atoms with E-state index in [0.29, 0.717) is 11.3 Å². The summed E-state index contributed by atoms with van der Waals surface area (Å²) >= 11 is 0. The standard InChI is InChI=1S/C23H16N4O2S/c24-16-22(30(28,29)21-9-5-2-6-10-21)15-19-17-27(20-7-3-1-4-8-20)26-23(19)18-11-13-25-14-12-18/h1-15,17H/b22-15+. The van der Waals surface area contributed by atoms with Crippen LogP contribution in [0.1, 0.15) is 5.56 Å². The molecular formula is C23H16N4O2S. The maximum atomic E-state index is 13.0. The van der Waals surface area contributed by atoms with Crippen LogP contribution in [0.2, 0.25) is 0 Å². The molecule has 0 fully saturated rings. The van der Waals surface area contributed by atoms with Crippen molar-refractivity contribution in [1.29, 1.82) is 5.26 Å². The van der Waals surface area contributed by atoms with Crippen molar-refractivity contribution in [2.24, 2.45) is 0 Å². The summed E-state index contributed by atoms with van der Waals surface area (Å²) in [7, 11) is -3.95. The number of aromatic nitrogens is 3. The fraction of sp³-hybridized carbons (Fsp3) is 0. The van der Waals surface area contributed by atoms with E-state index in [4.69, 9.17) is 0 Å². The largest absolute Gasteiger partial charge is 0.265 e. The molecule has 146 valence electrons. The number of pyridine rings is 1. The summed E-state index contributed by atoms with van der Waals surface area (Å²) in [5.74, 6) is 0. The van der Waals surface area contributed by atoms with Crippen LogP contribution in [0.25, 0.3) is 23.0 Å². The second-order valence-corrected chi connectivity index (χ2v) is 8.30. The van der Waals surface area contributed by atoms with Crippen LogP contribution < -0.4 is 0 Å². The molecule has 6 nitrogen and oxygen atoms in total. The van der Waals surface area contributed by atoms with Crippen LogP contribution >= 0.6 is 0 Å². The Morgan fingerprint density at radius 3 is 2.20 bits per heavy atom. The first-order chi connectivity index (χ1) is 14.6. The summed E-state index contributed by atoms with van der Waals surface area (Å²) in [5.41, 5.74) is 2.65. The summed E-state index contributed by atoms with van der Waals surface area (Å²) in [4.78, 5) is 3.74. The van der Waals surface area contributed by atoms with Gasteiger partial charge < -0.3 is 0 Å². The lowest BCUT2D eigenvalue weighted by Gasteiger charge is -2.03. The van der Waals surface area contributed by atoms with Gasteiger partial charge in [-0.05, 0) is 42.5 Å². The summed E-state index contributed by atoms with van der Waals surface area (Å²) < 4.78 is 27.6. The molecule has 0 saturated carbocycles. The summed E-state index contributed by atoms with van der Waals surface area (Å²) in [6, 6.07) is 22.8. The van der Waals surface area contributed by atoms with Gasteiger partial charge in [0, 0.05) is 29.7 Å². The van der Waals surface area contributed by atoms with Gasteiger partial charge in [-0.15, -0.1) is 0 Å². The first kappa shape index (κ1) is 19.3. The van der Waals surface area contributed by atoms with E-state index >= 15 is 0 Å². The number of rotatable bonds is 5. The van der Waals surface area contributed by atoms with E-state index in [0.717, 1.165) is 11.3 Å². The van der Waals surface area contributed by atoms with Gasteiger partial charge in [0.2, 0.25) is 9.84 Å². The maximum absolute atomic E-state index is 13.0. The predicted octanol–water partition coefficient (Wildman–Crippen LogP) is 4.27. The molecule has 0 aliphatic rings. The first-order valence-electron chi connectivity index (χ1n) is 9.07. The molecule has 0 N–H and O–H groups in total. The van der Waals surface area contributed by atoms with E-state index in [1.54, 1.807) is 53.6 Å². The topological polar surface area (TPSA) is 88.6 Å². The smallest absolute Gasteiger partial charge is 0.216 e. The van der Waals surface area contributed by atoms with E-state index in [-0.39, 0.29) is 9.80 Å². The van der Waals surface area contributed by atoms with Crippen LogP contribution in [-0.2, 0) is 9.84 Å². The normalized spacial score (nSPS) is 11.8. The average Bonchev–Trinajstić information content (AvgIpc) is 3.23. The van der Waals surface area contributed by atoms with Crippen LogP contribution in [0.5, 0.6) is 0 Å². The molecule has 30 heavy (non-hydrogen) atoms. The van der Waals surface area contributed by atoms with Crippen LogP contribution in [0.4, 0.5) is 0 Å². The number of nitriles is 1. The Kier molecular flexibility index (Phi) is 5.24. The average molecular weight is 412 g/mol. The molecule has 0 saturated heterocycles. The summed E-state index contributed by atoms with van der Waals surface area (Å²) in [5, 5.41) is 14.3. The Morgan fingerprint density at radius 1 is 0.933 bits per heavy atom. The van der Waals surface area contributed by atoms with Crippen LogP contribution in [0, 0.1) is 11.3 Å². The van der Waals surface area contributed by atoms with Crippen LogP contribution in [0.15, 0.2) is 101 Å². The predicted molar refractivity (Wildman–Crippen MR) is 114 cm³/mol. The lowest BCUT2D eigenvalue weighted by Crippen LogP contribution is -2.03. The Labute approximate surface area is 174 Å². The van der Waals surface area contributed by atoms with Crippen LogP contribution in [-0.4, -0.2) is 23.2 Å². The van der Waals surface area contributed by atoms with E-state index in [9.17, 15) is 13.7 Å². The van der Waals surface area contributed by atoms with Crippen molar-refractivity contribution < 1.29 is 8.42 Å². The molecular weight excluding hydrogens is 396 g/mol. The number of benzene rings is 2. The highest BCUT2D eigenvalue weighted by Gasteiger charge is 2.22. The molecule has 0 bridgehead atoms. The molecule has 0 radical (unpaired) electrons. The highest BCUT2D eigenvalue weighted by Crippen LogP contribution is 2.28. The number of hydrogen-bond donors (Lipinski definition) is 0. The number of allylic oxidation sites excluding steroid dienone is 1. The second-order valence-electron chi connectivity index (χ2n) is 6.39. The molecule has 2 aromatic heterocycles. The molecule has 2 heterocycles. The van der Waals surface area contributed by atoms with Crippen molar-refractivity contribution >= 4 is 15.9 Å². The molecule has 4 aromatic rings. The summed E-state index contributed by atoms with van der Waals surface area (Å²) in [6.45, 7) is 0. The van der Waals surface area contributed by atoms with Gasteiger partial charge in [0.05, 0.1) is 10.6 Å². The van der Waals surface area contributed by atoms with Crippen molar-refractivity contribution in [3.05, 3.63) is 102 Å². The highest BCUT2D eigenvalue weighted by atomic mass is 32.2. The number of sulfone groups is 1. The van der Waals surface area contributed by atoms with Gasteiger partial charge in [-0.25, -0.2) is 13.1 Å². The van der Waals surface area contributed by atoms with Gasteiger partial charge in [0.1, 0.15) is 16.7 Å². The molecule has 2 aromatic carbocycles. The zero-order valence-electron chi connectivity index (χ0n) is 15.8. The van der Waals surface area contributed by atoms with Gasteiger partial charge >= 0.3 is 0 Å². The maximum Gasteiger partial charge on any atom is 0.216 e. The Hall–Kier alpha value is -4.02. The molecule has 0 spiro atoms. The monoisotopic (exact) mass is 412 g/mol. The van der Waals surface area contributed by atoms with Crippen LogP contribution in [0.3, 0.4) is 0 Å². The zero-order valence-corrected chi connectivity index (χ0v) is 16.6. The minimum absolute atomic E-state index is 0.0683. The quantitative estimate of drug-likeness (QED) is 0.457. The van der Waals surface area contributed by atoms with E-state index < -0.39 is 9.84 Å². The minimum atomic E-state index is -3.95. The summed E-state index contributed by atoms with van der Waals surface area (Å²) in [6.07, 6.45) is 6.35. The van der Waals surface area contributed by atoms with Gasteiger partial charge in [-0.1, -0.05) is 36.4 Å². The van der Waals surface area contributed by atoms with E-state index in [1.165, 1.54) is 18.2 Å². The third-order valence-electron chi connectivity index (χ3n) is 4.46. The number of nitrogens with zero attached hydrogens (tertiary/aromatic N) is 4. The fourth-order valence-electron chi connectivity index (χ4n) is 2.98. The van der Waals surface area contributed by atoms with Gasteiger partial charge in [-0.3, -0.25) is 4.98 Å². The number of para-hydroxylation sites is 1. The number of hydrogen-bond acceptors (Lipinski definition) is 5. The second kappa shape index (κ2) is 8.15. The molecule has 4 rings (SSSR count). The van der Waals surface area contributed by atoms with E-state index in [1.807, 2.05) is 36.4 Å². The lowest BCUT2D eigenvalue weighted by molar-refractivity contribution is 0.603. The fourth-order valence-corrected chi connectivity index (χ4v) is 4.15. The molecule has 0 atom stereocenters. The van der Waals surface area contributed by atoms with Crippen molar-refractivity contribution in [2.75, 3.05) is 0 Å². The Balaban J connectivity index is 1.89. The molecule has 0 aliphatic carbocycles.